The number of carbonyl (C=O) groups excluding carboxylic acids is 1. The lowest BCUT2D eigenvalue weighted by Crippen LogP contribution is -2.14. The molecule has 2 atom stereocenters. The van der Waals surface area contributed by atoms with Gasteiger partial charge in [-0.3, -0.25) is 4.79 Å². The van der Waals surface area contributed by atoms with Gasteiger partial charge in [0.1, 0.15) is 0 Å². The Morgan fingerprint density at radius 3 is 2.58 bits per heavy atom. The van der Waals surface area contributed by atoms with Crippen LogP contribution in [0.25, 0.3) is 0 Å². The zero-order valence-electron chi connectivity index (χ0n) is 7.19. The van der Waals surface area contributed by atoms with E-state index in [0.29, 0.717) is 18.4 Å². The number of hydrogen-bond acceptors (Lipinski definition) is 3. The highest BCUT2D eigenvalue weighted by atomic mass is 16.5. The van der Waals surface area contributed by atoms with Gasteiger partial charge in [-0.25, -0.2) is 0 Å². The van der Waals surface area contributed by atoms with Crippen molar-refractivity contribution in [1.82, 2.24) is 0 Å². The lowest BCUT2D eigenvalue weighted by molar-refractivity contribution is -0.145. The van der Waals surface area contributed by atoms with Gasteiger partial charge >= 0.3 is 5.97 Å². The highest BCUT2D eigenvalue weighted by molar-refractivity contribution is 5.76. The van der Waals surface area contributed by atoms with Crippen LogP contribution >= 0.6 is 0 Å². The van der Waals surface area contributed by atoms with Gasteiger partial charge in [0.05, 0.1) is 18.6 Å². The highest BCUT2D eigenvalue weighted by Gasteiger charge is 2.60. The van der Waals surface area contributed by atoms with E-state index in [1.807, 2.05) is 6.92 Å². The number of rotatable bonds is 2. The summed E-state index contributed by atoms with van der Waals surface area (Å²) in [4.78, 5) is 11.2. The number of fused-ring (bicyclic) bond motifs is 1. The lowest BCUT2D eigenvalue weighted by Gasteiger charge is -2.06. The molecule has 0 bridgehead atoms. The fourth-order valence-corrected chi connectivity index (χ4v) is 2.40. The minimum atomic E-state index is -0.161. The topological polar surface area (TPSA) is 46.5 Å². The number of carbonyl (C=O) groups is 1. The van der Waals surface area contributed by atoms with E-state index in [-0.39, 0.29) is 18.0 Å². The van der Waals surface area contributed by atoms with Crippen LogP contribution in [0.4, 0.5) is 0 Å². The van der Waals surface area contributed by atoms with E-state index in [0.717, 1.165) is 12.8 Å². The van der Waals surface area contributed by atoms with Crippen molar-refractivity contribution in [2.75, 3.05) is 6.61 Å². The Morgan fingerprint density at radius 1 is 1.50 bits per heavy atom. The third-order valence-electron chi connectivity index (χ3n) is 2.98. The van der Waals surface area contributed by atoms with Crippen LogP contribution in [0.2, 0.25) is 0 Å². The minimum Gasteiger partial charge on any atom is -0.466 e. The van der Waals surface area contributed by atoms with Crippen LogP contribution in [0, 0.1) is 17.8 Å². The highest BCUT2D eigenvalue weighted by Crippen LogP contribution is 2.57. The number of aliphatic hydroxyl groups is 1. The van der Waals surface area contributed by atoms with Gasteiger partial charge in [0.2, 0.25) is 0 Å². The van der Waals surface area contributed by atoms with Gasteiger partial charge < -0.3 is 9.84 Å². The molecule has 3 nitrogen and oxygen atoms in total. The maximum Gasteiger partial charge on any atom is 0.309 e. The fourth-order valence-electron chi connectivity index (χ4n) is 2.40. The Labute approximate surface area is 71.7 Å². The van der Waals surface area contributed by atoms with Crippen LogP contribution in [0.3, 0.4) is 0 Å². The summed E-state index contributed by atoms with van der Waals surface area (Å²) in [5.41, 5.74) is 0. The van der Waals surface area contributed by atoms with E-state index in [9.17, 15) is 9.90 Å². The summed E-state index contributed by atoms with van der Waals surface area (Å²) in [7, 11) is 0. The van der Waals surface area contributed by atoms with E-state index in [1.165, 1.54) is 0 Å². The summed E-state index contributed by atoms with van der Waals surface area (Å²) in [6, 6.07) is 0. The molecule has 68 valence electrons. The Bertz CT molecular complexity index is 190. The molecule has 12 heavy (non-hydrogen) atoms. The van der Waals surface area contributed by atoms with Crippen molar-refractivity contribution >= 4 is 5.97 Å². The average molecular weight is 170 g/mol. The van der Waals surface area contributed by atoms with Gasteiger partial charge in [-0.1, -0.05) is 0 Å². The second kappa shape index (κ2) is 2.73. The molecule has 2 aliphatic rings. The van der Waals surface area contributed by atoms with E-state index < -0.39 is 0 Å². The lowest BCUT2D eigenvalue weighted by atomic mass is 10.1. The van der Waals surface area contributed by atoms with E-state index in [2.05, 4.69) is 0 Å². The SMILES string of the molecule is CCOC(=O)C1C2CC(O)CC21. The Balaban J connectivity index is 1.85. The van der Waals surface area contributed by atoms with Crippen LogP contribution in [0.5, 0.6) is 0 Å². The monoisotopic (exact) mass is 170 g/mol. The van der Waals surface area contributed by atoms with E-state index >= 15 is 0 Å². The van der Waals surface area contributed by atoms with Crippen LogP contribution in [-0.2, 0) is 9.53 Å². The molecule has 0 aliphatic heterocycles. The first-order valence-corrected chi connectivity index (χ1v) is 4.58. The van der Waals surface area contributed by atoms with E-state index in [1.54, 1.807) is 0 Å². The van der Waals surface area contributed by atoms with Gasteiger partial charge in [-0.15, -0.1) is 0 Å². The van der Waals surface area contributed by atoms with Crippen LogP contribution < -0.4 is 0 Å². The number of ether oxygens (including phenoxy) is 1. The van der Waals surface area contributed by atoms with E-state index in [4.69, 9.17) is 4.74 Å². The van der Waals surface area contributed by atoms with Crippen molar-refractivity contribution in [2.24, 2.45) is 17.8 Å². The normalized spacial score (nSPS) is 43.8. The first-order chi connectivity index (χ1) is 5.74. The molecule has 0 amide bonds. The molecule has 0 spiro atoms. The van der Waals surface area contributed by atoms with Gasteiger partial charge in [-0.2, -0.15) is 0 Å². The minimum absolute atomic E-state index is 0.0561. The smallest absolute Gasteiger partial charge is 0.309 e. The fraction of sp³-hybridized carbons (Fsp3) is 0.889. The van der Waals surface area contributed by atoms with Crippen molar-refractivity contribution in [3.63, 3.8) is 0 Å². The largest absolute Gasteiger partial charge is 0.466 e. The molecule has 0 aromatic heterocycles. The predicted octanol–water partition coefficient (Wildman–Crippen LogP) is 0.566. The zero-order valence-corrected chi connectivity index (χ0v) is 7.19. The molecule has 2 unspecified atom stereocenters. The molecule has 2 fully saturated rings. The van der Waals surface area contributed by atoms with Crippen molar-refractivity contribution < 1.29 is 14.6 Å². The summed E-state index contributed by atoms with van der Waals surface area (Å²) >= 11 is 0. The average Bonchev–Trinajstić information content (AvgIpc) is 2.51. The first-order valence-electron chi connectivity index (χ1n) is 4.58. The van der Waals surface area contributed by atoms with Crippen molar-refractivity contribution in [3.05, 3.63) is 0 Å². The summed E-state index contributed by atoms with van der Waals surface area (Å²) in [5.74, 6) is 0.922. The number of esters is 1. The molecule has 2 aliphatic carbocycles. The molecule has 0 saturated heterocycles. The van der Waals surface area contributed by atoms with Crippen LogP contribution in [0.1, 0.15) is 19.8 Å². The molecule has 0 aromatic rings. The molecule has 2 rings (SSSR count). The van der Waals surface area contributed by atoms with Crippen LogP contribution in [0.15, 0.2) is 0 Å². The van der Waals surface area contributed by atoms with Gasteiger partial charge in [0.15, 0.2) is 0 Å². The molecular weight excluding hydrogens is 156 g/mol. The molecule has 2 saturated carbocycles. The predicted molar refractivity (Wildman–Crippen MR) is 42.3 cm³/mol. The van der Waals surface area contributed by atoms with Gasteiger partial charge in [0.25, 0.3) is 0 Å². The standard InChI is InChI=1S/C9H14O3/c1-2-12-9(11)8-6-3-5(10)4-7(6)8/h5-8,10H,2-4H2,1H3. The summed E-state index contributed by atoms with van der Waals surface area (Å²) in [6.07, 6.45) is 1.44. The zero-order chi connectivity index (χ0) is 8.72. The molecule has 0 radical (unpaired) electrons. The summed E-state index contributed by atoms with van der Waals surface area (Å²) in [5, 5.41) is 9.21. The molecule has 1 N–H and O–H groups in total. The second-order valence-corrected chi connectivity index (χ2v) is 3.73. The van der Waals surface area contributed by atoms with Crippen molar-refractivity contribution in [3.8, 4) is 0 Å². The van der Waals surface area contributed by atoms with Gasteiger partial charge in [-0.05, 0) is 31.6 Å². The molecule has 0 aromatic carbocycles. The van der Waals surface area contributed by atoms with Gasteiger partial charge in [0, 0.05) is 0 Å². The molecule has 3 heteroatoms. The summed E-state index contributed by atoms with van der Waals surface area (Å²) in [6.45, 7) is 2.29. The van der Waals surface area contributed by atoms with Crippen molar-refractivity contribution in [1.29, 1.82) is 0 Å². The van der Waals surface area contributed by atoms with Crippen LogP contribution in [-0.4, -0.2) is 23.8 Å². The quantitative estimate of drug-likeness (QED) is 0.616. The third kappa shape index (κ3) is 1.12. The maximum absolute atomic E-state index is 11.2. The molecule has 0 heterocycles. The molecular formula is C9H14O3. The summed E-state index contributed by atoms with van der Waals surface area (Å²) < 4.78 is 4.92. The van der Waals surface area contributed by atoms with Crippen molar-refractivity contribution in [2.45, 2.75) is 25.9 Å². The Kier molecular flexibility index (Phi) is 1.83. The second-order valence-electron chi connectivity index (χ2n) is 3.73. The number of aliphatic hydroxyl groups excluding tert-OH is 1. The first kappa shape index (κ1) is 8.05. The Morgan fingerprint density at radius 2 is 2.08 bits per heavy atom. The maximum atomic E-state index is 11.2. The third-order valence-corrected chi connectivity index (χ3v) is 2.98. The number of hydrogen-bond donors (Lipinski definition) is 1. The Hall–Kier alpha value is -0.570.